The van der Waals surface area contributed by atoms with Crippen LogP contribution in [0.4, 0.5) is 0 Å². The van der Waals surface area contributed by atoms with Crippen molar-refractivity contribution in [3.05, 3.63) is 41.1 Å². The number of hydrogen-bond acceptors (Lipinski definition) is 5. The Labute approximate surface area is 160 Å². The monoisotopic (exact) mass is 365 g/mol. The Morgan fingerprint density at radius 3 is 2.70 bits per heavy atom. The van der Waals surface area contributed by atoms with E-state index in [9.17, 15) is 0 Å². The minimum Gasteiger partial charge on any atom is -0.332 e. The second-order valence-corrected chi connectivity index (χ2v) is 8.08. The van der Waals surface area contributed by atoms with Crippen LogP contribution in [0.25, 0.3) is 23.0 Å². The molecule has 1 N–H and O–H groups in total. The van der Waals surface area contributed by atoms with Gasteiger partial charge in [0.05, 0.1) is 0 Å². The Balaban J connectivity index is 1.67. The molecule has 0 unspecified atom stereocenters. The molecule has 6 heteroatoms. The van der Waals surface area contributed by atoms with E-state index < -0.39 is 0 Å². The lowest BCUT2D eigenvalue weighted by molar-refractivity contribution is 0.304. The van der Waals surface area contributed by atoms with E-state index in [1.807, 2.05) is 19.2 Å². The van der Waals surface area contributed by atoms with Crippen LogP contribution in [0.2, 0.25) is 0 Å². The van der Waals surface area contributed by atoms with Gasteiger partial charge in [0.2, 0.25) is 5.82 Å². The molecule has 4 rings (SSSR count). The molecule has 0 spiro atoms. The predicted octanol–water partition coefficient (Wildman–Crippen LogP) is 3.85. The van der Waals surface area contributed by atoms with Crippen molar-refractivity contribution in [2.24, 2.45) is 5.41 Å². The molecule has 0 saturated carbocycles. The van der Waals surface area contributed by atoms with E-state index in [0.29, 0.717) is 17.1 Å². The first-order valence-electron chi connectivity index (χ1n) is 9.67. The normalized spacial score (nSPS) is 15.7. The summed E-state index contributed by atoms with van der Waals surface area (Å²) in [5, 5.41) is 12.2. The Morgan fingerprint density at radius 1 is 1.22 bits per heavy atom. The van der Waals surface area contributed by atoms with E-state index >= 15 is 0 Å². The summed E-state index contributed by atoms with van der Waals surface area (Å²) in [4.78, 5) is 4.65. The molecular formula is C21H27N5O. The minimum absolute atomic E-state index is 0.312. The molecule has 0 aliphatic heterocycles. The molecule has 0 radical (unpaired) electrons. The maximum absolute atomic E-state index is 5.61. The van der Waals surface area contributed by atoms with Crippen LogP contribution in [0.1, 0.15) is 44.0 Å². The largest absolute Gasteiger partial charge is 0.332 e. The van der Waals surface area contributed by atoms with Crippen molar-refractivity contribution in [1.82, 2.24) is 25.2 Å². The van der Waals surface area contributed by atoms with Crippen molar-refractivity contribution in [3.63, 3.8) is 0 Å². The topological polar surface area (TPSA) is 68.8 Å². The molecule has 1 aliphatic carbocycles. The number of nitrogens with one attached hydrogen (secondary N) is 1. The number of rotatable bonds is 5. The van der Waals surface area contributed by atoms with Crippen molar-refractivity contribution < 1.29 is 4.52 Å². The fourth-order valence-electron chi connectivity index (χ4n) is 3.85. The summed E-state index contributed by atoms with van der Waals surface area (Å²) >= 11 is 0. The first kappa shape index (κ1) is 17.9. The highest BCUT2D eigenvalue weighted by molar-refractivity contribution is 5.61. The molecule has 0 saturated heterocycles. The number of nitrogens with zero attached hydrogens (tertiary/aromatic N) is 4. The highest BCUT2D eigenvalue weighted by atomic mass is 16.5. The van der Waals surface area contributed by atoms with Crippen LogP contribution in [0, 0.1) is 5.41 Å². The second-order valence-electron chi connectivity index (χ2n) is 8.08. The van der Waals surface area contributed by atoms with Crippen molar-refractivity contribution in [2.45, 2.75) is 53.1 Å². The summed E-state index contributed by atoms with van der Waals surface area (Å²) in [6.45, 7) is 8.47. The van der Waals surface area contributed by atoms with E-state index in [1.165, 1.54) is 16.8 Å². The van der Waals surface area contributed by atoms with Crippen molar-refractivity contribution in [3.8, 4) is 23.0 Å². The molecule has 142 valence electrons. The highest BCUT2D eigenvalue weighted by Gasteiger charge is 2.32. The van der Waals surface area contributed by atoms with Gasteiger partial charge in [-0.05, 0) is 44.2 Å². The van der Waals surface area contributed by atoms with Gasteiger partial charge >= 0.3 is 0 Å². The quantitative estimate of drug-likeness (QED) is 0.744. The molecule has 0 bridgehead atoms. The van der Waals surface area contributed by atoms with Gasteiger partial charge in [0.15, 0.2) is 5.69 Å². The van der Waals surface area contributed by atoms with Gasteiger partial charge in [0.1, 0.15) is 0 Å². The zero-order valence-corrected chi connectivity index (χ0v) is 16.5. The second kappa shape index (κ2) is 6.93. The first-order valence-corrected chi connectivity index (χ1v) is 9.67. The van der Waals surface area contributed by atoms with Gasteiger partial charge in [-0.15, -0.1) is 0 Å². The van der Waals surface area contributed by atoms with Gasteiger partial charge in [-0.2, -0.15) is 10.1 Å². The molecule has 0 amide bonds. The number of hydrogen-bond donors (Lipinski definition) is 1. The van der Waals surface area contributed by atoms with Gasteiger partial charge in [0.25, 0.3) is 5.89 Å². The van der Waals surface area contributed by atoms with Crippen LogP contribution < -0.4 is 5.32 Å². The summed E-state index contributed by atoms with van der Waals surface area (Å²) in [7, 11) is 1.94. The van der Waals surface area contributed by atoms with Crippen LogP contribution in [0.3, 0.4) is 0 Å². The third-order valence-corrected chi connectivity index (χ3v) is 5.39. The Bertz CT molecular complexity index is 936. The lowest BCUT2D eigenvalue weighted by Crippen LogP contribution is -2.24. The first-order chi connectivity index (χ1) is 13.0. The molecule has 6 nitrogen and oxygen atoms in total. The number of benzene rings is 1. The average molecular weight is 365 g/mol. The fourth-order valence-corrected chi connectivity index (χ4v) is 3.85. The predicted molar refractivity (Wildman–Crippen MR) is 105 cm³/mol. The molecule has 27 heavy (non-hydrogen) atoms. The summed E-state index contributed by atoms with van der Waals surface area (Å²) in [6, 6.07) is 8.23. The number of aryl methyl sites for hydroxylation is 1. The fraction of sp³-hybridized carbons (Fsp3) is 0.476. The van der Waals surface area contributed by atoms with Gasteiger partial charge < -0.3 is 9.84 Å². The average Bonchev–Trinajstić information content (AvgIpc) is 3.26. The van der Waals surface area contributed by atoms with Gasteiger partial charge in [-0.3, -0.25) is 4.68 Å². The summed E-state index contributed by atoms with van der Waals surface area (Å²) in [6.07, 6.45) is 3.20. The third kappa shape index (κ3) is 3.41. The summed E-state index contributed by atoms with van der Waals surface area (Å²) in [5.41, 5.74) is 5.94. The van der Waals surface area contributed by atoms with E-state index in [1.54, 1.807) is 0 Å². The molecule has 0 atom stereocenters. The molecule has 0 fully saturated rings. The molecule has 3 aromatic rings. The van der Waals surface area contributed by atoms with Gasteiger partial charge in [-0.25, -0.2) is 0 Å². The Kier molecular flexibility index (Phi) is 4.60. The van der Waals surface area contributed by atoms with Crippen LogP contribution in [-0.2, 0) is 25.9 Å². The van der Waals surface area contributed by atoms with Crippen molar-refractivity contribution >= 4 is 0 Å². The zero-order chi connectivity index (χ0) is 19.0. The smallest absolute Gasteiger partial charge is 0.279 e. The summed E-state index contributed by atoms with van der Waals surface area (Å²) in [5.74, 6) is 1.13. The van der Waals surface area contributed by atoms with Crippen LogP contribution >= 0.6 is 0 Å². The molecule has 2 aromatic heterocycles. The molecular weight excluding hydrogens is 338 g/mol. The minimum atomic E-state index is 0.312. The Morgan fingerprint density at radius 2 is 2.00 bits per heavy atom. The van der Waals surface area contributed by atoms with Crippen molar-refractivity contribution in [1.29, 1.82) is 0 Å². The maximum Gasteiger partial charge on any atom is 0.279 e. The summed E-state index contributed by atoms with van der Waals surface area (Å²) < 4.78 is 7.71. The lowest BCUT2D eigenvalue weighted by atomic mass is 9.76. The Hall–Kier alpha value is -2.47. The molecule has 1 aromatic carbocycles. The number of fused-ring (bicyclic) bond motifs is 1. The SMILES string of the molecule is CCn1nc(-c2nc(-c3ccc(CNC)cc3)no2)c2c1CC(C)(C)CC2. The van der Waals surface area contributed by atoms with Gasteiger partial charge in [0, 0.05) is 29.9 Å². The van der Waals surface area contributed by atoms with Crippen LogP contribution in [0.15, 0.2) is 28.8 Å². The standard InChI is InChI=1S/C21H27N5O/c1-5-26-17-12-21(2,3)11-10-16(17)18(24-26)20-23-19(25-27-20)15-8-6-14(7-9-15)13-22-4/h6-9,22H,5,10-13H2,1-4H3. The van der Waals surface area contributed by atoms with E-state index in [0.717, 1.165) is 43.6 Å². The zero-order valence-electron chi connectivity index (χ0n) is 16.5. The lowest BCUT2D eigenvalue weighted by Gasteiger charge is -2.30. The maximum atomic E-state index is 5.61. The molecule has 1 aliphatic rings. The number of aromatic nitrogens is 4. The molecule has 2 heterocycles. The van der Waals surface area contributed by atoms with Gasteiger partial charge in [-0.1, -0.05) is 43.3 Å². The highest BCUT2D eigenvalue weighted by Crippen LogP contribution is 2.38. The van der Waals surface area contributed by atoms with E-state index in [4.69, 9.17) is 9.62 Å². The third-order valence-electron chi connectivity index (χ3n) is 5.39. The van der Waals surface area contributed by atoms with Crippen molar-refractivity contribution in [2.75, 3.05) is 7.05 Å². The van der Waals surface area contributed by atoms with E-state index in [2.05, 4.69) is 53.0 Å². The van der Waals surface area contributed by atoms with E-state index in [-0.39, 0.29) is 0 Å². The van der Waals surface area contributed by atoms with Crippen LogP contribution in [-0.4, -0.2) is 27.0 Å². The van der Waals surface area contributed by atoms with Crippen LogP contribution in [0.5, 0.6) is 0 Å².